The Morgan fingerprint density at radius 3 is 2.72 bits per heavy atom. The van der Waals surface area contributed by atoms with E-state index in [1.165, 1.54) is 24.0 Å². The van der Waals surface area contributed by atoms with Crippen LogP contribution < -0.4 is 0 Å². The third-order valence-electron chi connectivity index (χ3n) is 7.33. The molecule has 3 heteroatoms. The second kappa shape index (κ2) is 6.12. The standard InChI is InChI=1S/C22H30O3/c1-2-22-11-10-21(25,13-15-6-7-15)14-18(22)5-3-4-16-12-17(20(23)24)8-9-19(16)22/h8-9,12,15,18,25H,2-7,10-11,13-14H2,1H3,(H,23,24)/t18-,21-,22+/m1/s1. The summed E-state index contributed by atoms with van der Waals surface area (Å²) in [6.45, 7) is 2.28. The van der Waals surface area contributed by atoms with E-state index in [1.54, 1.807) is 6.07 Å². The molecule has 0 unspecified atom stereocenters. The van der Waals surface area contributed by atoms with Gasteiger partial charge in [0.1, 0.15) is 0 Å². The molecular weight excluding hydrogens is 312 g/mol. The molecular formula is C22H30O3. The van der Waals surface area contributed by atoms with E-state index in [9.17, 15) is 15.0 Å². The minimum absolute atomic E-state index is 0.124. The number of aryl methyl sites for hydroxylation is 1. The Kier molecular flexibility index (Phi) is 4.18. The van der Waals surface area contributed by atoms with Gasteiger partial charge in [-0.05, 0) is 91.9 Å². The summed E-state index contributed by atoms with van der Waals surface area (Å²) in [6, 6.07) is 5.78. The third-order valence-corrected chi connectivity index (χ3v) is 7.33. The summed E-state index contributed by atoms with van der Waals surface area (Å²) in [7, 11) is 0. The van der Waals surface area contributed by atoms with E-state index in [0.29, 0.717) is 11.5 Å². The van der Waals surface area contributed by atoms with E-state index < -0.39 is 11.6 Å². The van der Waals surface area contributed by atoms with Crippen LogP contribution >= 0.6 is 0 Å². The summed E-state index contributed by atoms with van der Waals surface area (Å²) in [5.41, 5.74) is 2.67. The van der Waals surface area contributed by atoms with Crippen molar-refractivity contribution in [2.75, 3.05) is 0 Å². The molecule has 0 amide bonds. The van der Waals surface area contributed by atoms with Gasteiger partial charge < -0.3 is 10.2 Å². The van der Waals surface area contributed by atoms with Crippen molar-refractivity contribution in [1.82, 2.24) is 0 Å². The van der Waals surface area contributed by atoms with Crippen LogP contribution in [0, 0.1) is 11.8 Å². The van der Waals surface area contributed by atoms with Gasteiger partial charge in [0.15, 0.2) is 0 Å². The molecule has 3 aliphatic carbocycles. The van der Waals surface area contributed by atoms with Gasteiger partial charge in [0.05, 0.1) is 11.2 Å². The van der Waals surface area contributed by atoms with Gasteiger partial charge in [0, 0.05) is 0 Å². The normalized spacial score (nSPS) is 34.7. The minimum Gasteiger partial charge on any atom is -0.478 e. The lowest BCUT2D eigenvalue weighted by Gasteiger charge is -2.50. The first-order valence-corrected chi connectivity index (χ1v) is 10.0. The van der Waals surface area contributed by atoms with Crippen LogP contribution in [0.15, 0.2) is 18.2 Å². The van der Waals surface area contributed by atoms with Crippen LogP contribution in [-0.2, 0) is 11.8 Å². The molecule has 25 heavy (non-hydrogen) atoms. The number of hydrogen-bond donors (Lipinski definition) is 2. The highest BCUT2D eigenvalue weighted by Crippen LogP contribution is 2.55. The molecule has 136 valence electrons. The first-order valence-electron chi connectivity index (χ1n) is 10.0. The molecule has 3 atom stereocenters. The lowest BCUT2D eigenvalue weighted by atomic mass is 9.56. The molecule has 1 aromatic carbocycles. The quantitative estimate of drug-likeness (QED) is 0.834. The van der Waals surface area contributed by atoms with Crippen molar-refractivity contribution in [3.63, 3.8) is 0 Å². The molecule has 2 fully saturated rings. The lowest BCUT2D eigenvalue weighted by Crippen LogP contribution is -2.47. The second-order valence-electron chi connectivity index (χ2n) is 8.85. The molecule has 0 heterocycles. The average Bonchev–Trinajstić information content (AvgIpc) is 3.40. The zero-order valence-electron chi connectivity index (χ0n) is 15.3. The Morgan fingerprint density at radius 2 is 2.04 bits per heavy atom. The summed E-state index contributed by atoms with van der Waals surface area (Å²) in [6.07, 6.45) is 10.8. The zero-order valence-corrected chi connectivity index (χ0v) is 15.3. The van der Waals surface area contributed by atoms with E-state index in [1.807, 2.05) is 6.07 Å². The average molecular weight is 342 g/mol. The largest absolute Gasteiger partial charge is 0.478 e. The zero-order chi connectivity index (χ0) is 17.7. The maximum Gasteiger partial charge on any atom is 0.335 e. The van der Waals surface area contributed by atoms with Crippen molar-refractivity contribution in [2.24, 2.45) is 11.8 Å². The topological polar surface area (TPSA) is 57.5 Å². The van der Waals surface area contributed by atoms with Crippen molar-refractivity contribution in [3.05, 3.63) is 34.9 Å². The van der Waals surface area contributed by atoms with E-state index in [2.05, 4.69) is 13.0 Å². The van der Waals surface area contributed by atoms with Crippen molar-refractivity contribution < 1.29 is 15.0 Å². The fraction of sp³-hybridized carbons (Fsp3) is 0.682. The molecule has 1 aromatic rings. The second-order valence-corrected chi connectivity index (χ2v) is 8.85. The molecule has 2 N–H and O–H groups in total. The van der Waals surface area contributed by atoms with Gasteiger partial charge in [-0.15, -0.1) is 0 Å². The summed E-state index contributed by atoms with van der Waals surface area (Å²) >= 11 is 0. The van der Waals surface area contributed by atoms with Crippen LogP contribution in [0.5, 0.6) is 0 Å². The van der Waals surface area contributed by atoms with Gasteiger partial charge in [0.25, 0.3) is 0 Å². The number of hydrogen-bond acceptors (Lipinski definition) is 2. The Bertz CT molecular complexity index is 678. The number of carbonyl (C=O) groups is 1. The fourth-order valence-electron chi connectivity index (χ4n) is 5.81. The predicted octanol–water partition coefficient (Wildman–Crippen LogP) is 4.70. The number of rotatable bonds is 4. The van der Waals surface area contributed by atoms with E-state index in [-0.39, 0.29) is 5.41 Å². The maximum absolute atomic E-state index is 11.4. The SMILES string of the molecule is CC[C@]12CC[C@@](O)(CC3CC3)C[C@H]1CCCc1cc(C(=O)O)ccc12. The van der Waals surface area contributed by atoms with Crippen LogP contribution in [-0.4, -0.2) is 21.8 Å². The summed E-state index contributed by atoms with van der Waals surface area (Å²) in [5, 5.41) is 20.5. The number of carboxylic acid groups (broad SMARTS) is 1. The molecule has 0 saturated heterocycles. The molecule has 0 aliphatic heterocycles. The van der Waals surface area contributed by atoms with Crippen LogP contribution in [0.1, 0.15) is 86.2 Å². The number of carboxylic acids is 1. The highest BCUT2D eigenvalue weighted by atomic mass is 16.4. The highest BCUT2D eigenvalue weighted by molar-refractivity contribution is 5.88. The molecule has 0 aromatic heterocycles. The van der Waals surface area contributed by atoms with Crippen LogP contribution in [0.25, 0.3) is 0 Å². The van der Waals surface area contributed by atoms with Gasteiger partial charge in [-0.3, -0.25) is 0 Å². The van der Waals surface area contributed by atoms with Gasteiger partial charge in [-0.1, -0.05) is 25.8 Å². The van der Waals surface area contributed by atoms with E-state index in [0.717, 1.165) is 57.3 Å². The van der Waals surface area contributed by atoms with Crippen LogP contribution in [0.2, 0.25) is 0 Å². The van der Waals surface area contributed by atoms with E-state index >= 15 is 0 Å². The van der Waals surface area contributed by atoms with Gasteiger partial charge >= 0.3 is 5.97 Å². The Hall–Kier alpha value is -1.35. The number of fused-ring (bicyclic) bond motifs is 3. The molecule has 0 spiro atoms. The van der Waals surface area contributed by atoms with Crippen molar-refractivity contribution >= 4 is 5.97 Å². The summed E-state index contributed by atoms with van der Waals surface area (Å²) < 4.78 is 0. The van der Waals surface area contributed by atoms with Crippen LogP contribution in [0.3, 0.4) is 0 Å². The first-order chi connectivity index (χ1) is 12.0. The van der Waals surface area contributed by atoms with Gasteiger partial charge in [-0.25, -0.2) is 4.79 Å². The predicted molar refractivity (Wildman–Crippen MR) is 97.9 cm³/mol. The van der Waals surface area contributed by atoms with Crippen molar-refractivity contribution in [1.29, 1.82) is 0 Å². The van der Waals surface area contributed by atoms with Gasteiger partial charge in [0.2, 0.25) is 0 Å². The minimum atomic E-state index is -0.836. The van der Waals surface area contributed by atoms with Gasteiger partial charge in [-0.2, -0.15) is 0 Å². The first kappa shape index (κ1) is 17.1. The van der Waals surface area contributed by atoms with E-state index in [4.69, 9.17) is 0 Å². The molecule has 4 rings (SSSR count). The number of aromatic carboxylic acids is 1. The smallest absolute Gasteiger partial charge is 0.335 e. The molecule has 3 aliphatic rings. The lowest BCUT2D eigenvalue weighted by molar-refractivity contribution is -0.0573. The maximum atomic E-state index is 11.4. The Balaban J connectivity index is 1.69. The molecule has 2 saturated carbocycles. The number of aliphatic hydroxyl groups is 1. The monoisotopic (exact) mass is 342 g/mol. The third kappa shape index (κ3) is 3.01. The number of benzene rings is 1. The molecule has 0 radical (unpaired) electrons. The molecule has 3 nitrogen and oxygen atoms in total. The Morgan fingerprint density at radius 1 is 1.24 bits per heavy atom. The fourth-order valence-corrected chi connectivity index (χ4v) is 5.81. The molecule has 0 bridgehead atoms. The van der Waals surface area contributed by atoms with Crippen molar-refractivity contribution in [2.45, 2.75) is 82.1 Å². The van der Waals surface area contributed by atoms with Crippen LogP contribution in [0.4, 0.5) is 0 Å². The highest BCUT2D eigenvalue weighted by Gasteiger charge is 2.50. The summed E-state index contributed by atoms with van der Waals surface area (Å²) in [4.78, 5) is 11.4. The Labute approximate surface area is 150 Å². The van der Waals surface area contributed by atoms with Crippen molar-refractivity contribution in [3.8, 4) is 0 Å². The summed E-state index contributed by atoms with van der Waals surface area (Å²) in [5.74, 6) is 0.443.